The van der Waals surface area contributed by atoms with E-state index in [1.54, 1.807) is 12.1 Å². The van der Waals surface area contributed by atoms with Crippen molar-refractivity contribution in [3.63, 3.8) is 0 Å². The first kappa shape index (κ1) is 12.2. The predicted octanol–water partition coefficient (Wildman–Crippen LogP) is 3.40. The first-order valence-corrected chi connectivity index (χ1v) is 5.95. The van der Waals surface area contributed by atoms with Crippen LogP contribution >= 0.6 is 23.2 Å². The number of rotatable bonds is 4. The molecule has 4 nitrogen and oxygen atoms in total. The number of nitrogens with zero attached hydrogens (tertiary/aromatic N) is 2. The van der Waals surface area contributed by atoms with Crippen molar-refractivity contribution in [1.29, 1.82) is 0 Å². The van der Waals surface area contributed by atoms with E-state index in [9.17, 15) is 0 Å². The van der Waals surface area contributed by atoms with Crippen LogP contribution in [0, 0.1) is 0 Å². The molecule has 0 bridgehead atoms. The molecule has 90 valence electrons. The van der Waals surface area contributed by atoms with E-state index >= 15 is 0 Å². The van der Waals surface area contributed by atoms with Crippen LogP contribution in [0.25, 0.3) is 0 Å². The molecular weight excluding hydrogens is 261 g/mol. The Kier molecular flexibility index (Phi) is 3.86. The maximum atomic E-state index is 5.93. The van der Waals surface area contributed by atoms with E-state index in [1.165, 1.54) is 0 Å². The molecule has 0 atom stereocenters. The fourth-order valence-electron chi connectivity index (χ4n) is 1.38. The molecule has 17 heavy (non-hydrogen) atoms. The van der Waals surface area contributed by atoms with Crippen LogP contribution in [-0.2, 0) is 6.42 Å². The van der Waals surface area contributed by atoms with Gasteiger partial charge in [-0.05, 0) is 24.6 Å². The molecule has 0 saturated heterocycles. The summed E-state index contributed by atoms with van der Waals surface area (Å²) in [6.45, 7) is 2.71. The van der Waals surface area contributed by atoms with Gasteiger partial charge in [-0.2, -0.15) is 4.98 Å². The van der Waals surface area contributed by atoms with Crippen molar-refractivity contribution in [2.24, 2.45) is 0 Å². The van der Waals surface area contributed by atoms with Crippen LogP contribution in [0.1, 0.15) is 18.3 Å². The zero-order valence-electron chi connectivity index (χ0n) is 9.20. The van der Waals surface area contributed by atoms with Gasteiger partial charge in [0.05, 0.1) is 10.0 Å². The van der Waals surface area contributed by atoms with Crippen LogP contribution in [0.2, 0.25) is 10.0 Å². The molecule has 0 aliphatic carbocycles. The quantitative estimate of drug-likeness (QED) is 0.926. The Morgan fingerprint density at radius 1 is 1.29 bits per heavy atom. The van der Waals surface area contributed by atoms with Crippen molar-refractivity contribution in [3.05, 3.63) is 39.6 Å². The first-order chi connectivity index (χ1) is 8.19. The number of benzene rings is 1. The van der Waals surface area contributed by atoms with Crippen LogP contribution in [0.4, 0.5) is 6.01 Å². The third kappa shape index (κ3) is 3.11. The average Bonchev–Trinajstić information content (AvgIpc) is 2.72. The van der Waals surface area contributed by atoms with E-state index < -0.39 is 0 Å². The molecule has 0 fully saturated rings. The summed E-state index contributed by atoms with van der Waals surface area (Å²) >= 11 is 11.8. The third-order valence-electron chi connectivity index (χ3n) is 2.14. The summed E-state index contributed by atoms with van der Waals surface area (Å²) < 4.78 is 5.00. The maximum absolute atomic E-state index is 5.93. The van der Waals surface area contributed by atoms with Crippen molar-refractivity contribution >= 4 is 29.2 Å². The van der Waals surface area contributed by atoms with E-state index in [1.807, 2.05) is 13.0 Å². The average molecular weight is 272 g/mol. The number of hydrogen-bond donors (Lipinski definition) is 1. The number of aromatic nitrogens is 2. The van der Waals surface area contributed by atoms with Gasteiger partial charge in [0.15, 0.2) is 5.82 Å². The van der Waals surface area contributed by atoms with Gasteiger partial charge in [0.2, 0.25) is 0 Å². The van der Waals surface area contributed by atoms with Crippen molar-refractivity contribution in [2.75, 3.05) is 11.9 Å². The summed E-state index contributed by atoms with van der Waals surface area (Å²) in [6, 6.07) is 5.87. The number of anilines is 1. The summed E-state index contributed by atoms with van der Waals surface area (Å²) in [5.74, 6) is 0.610. The lowest BCUT2D eigenvalue weighted by molar-refractivity contribution is 0.424. The van der Waals surface area contributed by atoms with Crippen LogP contribution in [0.5, 0.6) is 0 Å². The van der Waals surface area contributed by atoms with Gasteiger partial charge in [0, 0.05) is 13.0 Å². The van der Waals surface area contributed by atoms with Crippen LogP contribution < -0.4 is 5.32 Å². The summed E-state index contributed by atoms with van der Waals surface area (Å²) in [5.41, 5.74) is 0.989. The number of nitrogens with one attached hydrogen (secondary N) is 1. The summed E-state index contributed by atoms with van der Waals surface area (Å²) in [4.78, 5) is 4.18. The molecule has 6 heteroatoms. The molecule has 2 rings (SSSR count). The molecule has 0 unspecified atom stereocenters. The van der Waals surface area contributed by atoms with Gasteiger partial charge in [-0.15, -0.1) is 0 Å². The highest BCUT2D eigenvalue weighted by molar-refractivity contribution is 6.42. The van der Waals surface area contributed by atoms with E-state index in [0.717, 1.165) is 12.1 Å². The largest absolute Gasteiger partial charge is 0.338 e. The zero-order chi connectivity index (χ0) is 12.3. The molecular formula is C11H11Cl2N3O. The highest BCUT2D eigenvalue weighted by Gasteiger charge is 2.07. The lowest BCUT2D eigenvalue weighted by atomic mass is 10.1. The van der Waals surface area contributed by atoms with Crippen molar-refractivity contribution in [2.45, 2.75) is 13.3 Å². The molecule has 2 aromatic rings. The monoisotopic (exact) mass is 271 g/mol. The molecule has 1 heterocycles. The van der Waals surface area contributed by atoms with Crippen molar-refractivity contribution < 1.29 is 4.52 Å². The number of hydrogen-bond acceptors (Lipinski definition) is 4. The second-order valence-corrected chi connectivity index (χ2v) is 4.29. The molecule has 1 aromatic carbocycles. The Labute approximate surface area is 109 Å². The highest BCUT2D eigenvalue weighted by atomic mass is 35.5. The minimum atomic E-state index is 0.433. The Bertz CT molecular complexity index is 513. The van der Waals surface area contributed by atoms with Gasteiger partial charge in [-0.3, -0.25) is 0 Å². The van der Waals surface area contributed by atoms with E-state index in [-0.39, 0.29) is 0 Å². The minimum Gasteiger partial charge on any atom is -0.338 e. The van der Waals surface area contributed by atoms with Crippen LogP contribution in [0.3, 0.4) is 0 Å². The van der Waals surface area contributed by atoms with E-state index in [4.69, 9.17) is 27.7 Å². The molecule has 0 saturated carbocycles. The molecule has 0 spiro atoms. The molecule has 0 aliphatic rings. The molecule has 1 aromatic heterocycles. The summed E-state index contributed by atoms with van der Waals surface area (Å²) in [5, 5.41) is 7.87. The third-order valence-corrected chi connectivity index (χ3v) is 2.88. The molecule has 0 radical (unpaired) electrons. The van der Waals surface area contributed by atoms with Gasteiger partial charge >= 0.3 is 6.01 Å². The van der Waals surface area contributed by atoms with Crippen LogP contribution in [-0.4, -0.2) is 16.7 Å². The highest BCUT2D eigenvalue weighted by Crippen LogP contribution is 2.23. The predicted molar refractivity (Wildman–Crippen MR) is 67.7 cm³/mol. The van der Waals surface area contributed by atoms with Crippen LogP contribution in [0.15, 0.2) is 22.7 Å². The maximum Gasteiger partial charge on any atom is 0.321 e. The Hall–Kier alpha value is -1.26. The first-order valence-electron chi connectivity index (χ1n) is 5.19. The van der Waals surface area contributed by atoms with Gasteiger partial charge in [-0.1, -0.05) is 34.4 Å². The van der Waals surface area contributed by atoms with Gasteiger partial charge in [0.25, 0.3) is 0 Å². The van der Waals surface area contributed by atoms with Crippen molar-refractivity contribution in [3.8, 4) is 0 Å². The molecule has 0 aliphatic heterocycles. The normalized spacial score (nSPS) is 10.5. The zero-order valence-corrected chi connectivity index (χ0v) is 10.7. The fraction of sp³-hybridized carbons (Fsp3) is 0.273. The number of halogens is 2. The molecule has 0 amide bonds. The summed E-state index contributed by atoms with van der Waals surface area (Å²) in [7, 11) is 0. The smallest absolute Gasteiger partial charge is 0.321 e. The van der Waals surface area contributed by atoms with E-state index in [2.05, 4.69) is 15.5 Å². The van der Waals surface area contributed by atoms with Gasteiger partial charge in [0.1, 0.15) is 0 Å². The van der Waals surface area contributed by atoms with E-state index in [0.29, 0.717) is 28.3 Å². The van der Waals surface area contributed by atoms with Crippen molar-refractivity contribution in [1.82, 2.24) is 10.1 Å². The minimum absolute atomic E-state index is 0.433. The standard InChI is InChI=1S/C11H11Cl2N3O/c1-2-14-11-15-10(16-17-11)6-7-3-4-8(12)9(13)5-7/h3-5H,2,6H2,1H3,(H,14,15,16). The topological polar surface area (TPSA) is 51.0 Å². The molecule has 1 N–H and O–H groups in total. The second-order valence-electron chi connectivity index (χ2n) is 3.47. The Balaban J connectivity index is 2.11. The SMILES string of the molecule is CCNc1nc(Cc2ccc(Cl)c(Cl)c2)no1. The van der Waals surface area contributed by atoms with Gasteiger partial charge < -0.3 is 9.84 Å². The Morgan fingerprint density at radius 2 is 2.12 bits per heavy atom. The van der Waals surface area contributed by atoms with Gasteiger partial charge in [-0.25, -0.2) is 0 Å². The summed E-state index contributed by atoms with van der Waals surface area (Å²) in [6.07, 6.45) is 0.561. The Morgan fingerprint density at radius 3 is 2.82 bits per heavy atom. The lowest BCUT2D eigenvalue weighted by Gasteiger charge is -1.99. The second kappa shape index (κ2) is 5.38. The lowest BCUT2D eigenvalue weighted by Crippen LogP contribution is -1.97. The fourth-order valence-corrected chi connectivity index (χ4v) is 1.70.